The Morgan fingerprint density at radius 3 is 2.23 bits per heavy atom. The maximum atomic E-state index is 12.5. The molecule has 0 fully saturated rings. The Kier molecular flexibility index (Phi) is 7.53. The van der Waals surface area contributed by atoms with Crippen LogP contribution < -0.4 is 24.8 Å². The van der Waals surface area contributed by atoms with Gasteiger partial charge in [-0.05, 0) is 46.7 Å². The summed E-state index contributed by atoms with van der Waals surface area (Å²) in [5, 5.41) is 5.67. The minimum Gasteiger partial charge on any atom is -0.497 e. The van der Waals surface area contributed by atoms with Crippen molar-refractivity contribution in [2.24, 2.45) is 0 Å². The van der Waals surface area contributed by atoms with Gasteiger partial charge in [0.15, 0.2) is 11.5 Å². The standard InChI is InChI=1S/C21H24BrN3O5/c1-3-25(12-20(26)23-14-4-6-15(28-2)7-5-14)13-21(27)24-17-11-19-18(10-16(17)22)29-8-9-30-19/h4-7,10-11H,3,8-9,12-13H2,1-2H3,(H,23,26)(H,24,27). The van der Waals surface area contributed by atoms with Crippen LogP contribution in [-0.4, -0.2) is 56.7 Å². The van der Waals surface area contributed by atoms with Gasteiger partial charge in [0.05, 0.1) is 25.9 Å². The number of carbonyl (C=O) groups is 2. The Balaban J connectivity index is 1.54. The van der Waals surface area contributed by atoms with E-state index < -0.39 is 0 Å². The van der Waals surface area contributed by atoms with E-state index in [1.165, 1.54) is 0 Å². The topological polar surface area (TPSA) is 89.1 Å². The summed E-state index contributed by atoms with van der Waals surface area (Å²) in [4.78, 5) is 26.6. The second-order valence-electron chi connectivity index (χ2n) is 6.60. The number of rotatable bonds is 8. The SMILES string of the molecule is CCN(CC(=O)Nc1ccc(OC)cc1)CC(=O)Nc1cc2c(cc1Br)OCCO2. The summed E-state index contributed by atoms with van der Waals surface area (Å²) in [6.07, 6.45) is 0. The molecule has 0 saturated carbocycles. The smallest absolute Gasteiger partial charge is 0.238 e. The third-order valence-electron chi connectivity index (χ3n) is 4.46. The van der Waals surface area contributed by atoms with Crippen LogP contribution in [0, 0.1) is 0 Å². The lowest BCUT2D eigenvalue weighted by atomic mass is 10.2. The molecule has 1 aliphatic heterocycles. The van der Waals surface area contributed by atoms with Crippen molar-refractivity contribution in [3.63, 3.8) is 0 Å². The van der Waals surface area contributed by atoms with Crippen LogP contribution in [-0.2, 0) is 9.59 Å². The normalized spacial score (nSPS) is 12.4. The maximum absolute atomic E-state index is 12.5. The lowest BCUT2D eigenvalue weighted by Crippen LogP contribution is -2.38. The summed E-state index contributed by atoms with van der Waals surface area (Å²) < 4.78 is 16.9. The Morgan fingerprint density at radius 2 is 1.63 bits per heavy atom. The summed E-state index contributed by atoms with van der Waals surface area (Å²) in [5.74, 6) is 1.51. The van der Waals surface area contributed by atoms with Gasteiger partial charge in [0.25, 0.3) is 0 Å². The van der Waals surface area contributed by atoms with E-state index in [4.69, 9.17) is 14.2 Å². The largest absolute Gasteiger partial charge is 0.497 e. The number of ether oxygens (including phenoxy) is 3. The number of methoxy groups -OCH3 is 1. The number of likely N-dealkylation sites (N-methyl/N-ethyl adjacent to an activating group) is 1. The fourth-order valence-electron chi connectivity index (χ4n) is 2.91. The molecule has 2 aromatic carbocycles. The molecule has 1 aliphatic rings. The summed E-state index contributed by atoms with van der Waals surface area (Å²) in [6.45, 7) is 3.58. The van der Waals surface area contributed by atoms with Gasteiger partial charge < -0.3 is 24.8 Å². The predicted molar refractivity (Wildman–Crippen MR) is 117 cm³/mol. The third-order valence-corrected chi connectivity index (χ3v) is 5.12. The second kappa shape index (κ2) is 10.3. The number of benzene rings is 2. The van der Waals surface area contributed by atoms with Crippen molar-refractivity contribution in [3.8, 4) is 17.2 Å². The van der Waals surface area contributed by atoms with Gasteiger partial charge in [-0.1, -0.05) is 6.92 Å². The Bertz CT molecular complexity index is 904. The Hall–Kier alpha value is -2.78. The molecule has 0 radical (unpaired) electrons. The van der Waals surface area contributed by atoms with Crippen molar-refractivity contribution in [1.29, 1.82) is 0 Å². The molecule has 30 heavy (non-hydrogen) atoms. The fourth-order valence-corrected chi connectivity index (χ4v) is 3.33. The van der Waals surface area contributed by atoms with E-state index in [1.807, 2.05) is 6.92 Å². The third kappa shape index (κ3) is 5.87. The van der Waals surface area contributed by atoms with E-state index in [0.717, 1.165) is 0 Å². The van der Waals surface area contributed by atoms with E-state index in [9.17, 15) is 9.59 Å². The summed E-state index contributed by atoms with van der Waals surface area (Å²) in [5.41, 5.74) is 1.25. The zero-order valence-electron chi connectivity index (χ0n) is 16.9. The highest BCUT2D eigenvalue weighted by atomic mass is 79.9. The van der Waals surface area contributed by atoms with E-state index in [-0.39, 0.29) is 24.9 Å². The Labute approximate surface area is 183 Å². The number of hydrogen-bond acceptors (Lipinski definition) is 6. The summed E-state index contributed by atoms with van der Waals surface area (Å²) in [6, 6.07) is 10.6. The van der Waals surface area contributed by atoms with Crippen molar-refractivity contribution in [2.45, 2.75) is 6.92 Å². The fraction of sp³-hybridized carbons (Fsp3) is 0.333. The highest BCUT2D eigenvalue weighted by Gasteiger charge is 2.18. The van der Waals surface area contributed by atoms with E-state index in [0.29, 0.717) is 52.9 Å². The van der Waals surface area contributed by atoms with E-state index >= 15 is 0 Å². The molecule has 8 nitrogen and oxygen atoms in total. The first kappa shape index (κ1) is 21.9. The summed E-state index contributed by atoms with van der Waals surface area (Å²) >= 11 is 3.44. The van der Waals surface area contributed by atoms with Crippen LogP contribution in [0.1, 0.15) is 6.92 Å². The number of halogens is 1. The average molecular weight is 478 g/mol. The van der Waals surface area contributed by atoms with Crippen LogP contribution in [0.25, 0.3) is 0 Å². The van der Waals surface area contributed by atoms with Crippen molar-refractivity contribution in [3.05, 3.63) is 40.9 Å². The molecule has 2 amide bonds. The van der Waals surface area contributed by atoms with Crippen LogP contribution >= 0.6 is 15.9 Å². The average Bonchev–Trinajstić information content (AvgIpc) is 2.74. The van der Waals surface area contributed by atoms with E-state index in [2.05, 4.69) is 26.6 Å². The zero-order chi connectivity index (χ0) is 21.5. The lowest BCUT2D eigenvalue weighted by Gasteiger charge is -2.21. The number of anilines is 2. The highest BCUT2D eigenvalue weighted by Crippen LogP contribution is 2.38. The molecule has 0 unspecified atom stereocenters. The molecule has 0 saturated heterocycles. The molecule has 9 heteroatoms. The molecule has 2 N–H and O–H groups in total. The van der Waals surface area contributed by atoms with Crippen molar-refractivity contribution < 1.29 is 23.8 Å². The molecular weight excluding hydrogens is 454 g/mol. The monoisotopic (exact) mass is 477 g/mol. The van der Waals surface area contributed by atoms with Crippen molar-refractivity contribution in [2.75, 3.05) is 50.6 Å². The number of nitrogens with zero attached hydrogens (tertiary/aromatic N) is 1. The number of amides is 2. The number of fused-ring (bicyclic) bond motifs is 1. The second-order valence-corrected chi connectivity index (χ2v) is 7.46. The van der Waals surface area contributed by atoms with Gasteiger partial charge in [-0.25, -0.2) is 0 Å². The van der Waals surface area contributed by atoms with Crippen LogP contribution in [0.15, 0.2) is 40.9 Å². The molecule has 1 heterocycles. The molecule has 0 aromatic heterocycles. The van der Waals surface area contributed by atoms with Gasteiger partial charge in [0.2, 0.25) is 11.8 Å². The molecule has 0 atom stereocenters. The predicted octanol–water partition coefficient (Wildman–Crippen LogP) is 3.13. The first-order valence-electron chi connectivity index (χ1n) is 9.53. The van der Waals surface area contributed by atoms with Crippen molar-refractivity contribution in [1.82, 2.24) is 4.90 Å². The molecular formula is C21H24BrN3O5. The number of nitrogens with one attached hydrogen (secondary N) is 2. The molecule has 2 aromatic rings. The van der Waals surface area contributed by atoms with Gasteiger partial charge in [-0.15, -0.1) is 0 Å². The van der Waals surface area contributed by atoms with Crippen LogP contribution in [0.4, 0.5) is 11.4 Å². The first-order valence-corrected chi connectivity index (χ1v) is 10.3. The number of carbonyl (C=O) groups excluding carboxylic acids is 2. The molecule has 3 rings (SSSR count). The number of hydrogen-bond donors (Lipinski definition) is 2. The van der Waals surface area contributed by atoms with Crippen LogP contribution in [0.3, 0.4) is 0 Å². The Morgan fingerprint density at radius 1 is 1.03 bits per heavy atom. The molecule has 0 aliphatic carbocycles. The molecule has 0 bridgehead atoms. The van der Waals surface area contributed by atoms with Gasteiger partial charge in [0.1, 0.15) is 19.0 Å². The maximum Gasteiger partial charge on any atom is 0.238 e. The molecule has 0 spiro atoms. The highest BCUT2D eigenvalue weighted by molar-refractivity contribution is 9.10. The van der Waals surface area contributed by atoms with Gasteiger partial charge >= 0.3 is 0 Å². The lowest BCUT2D eigenvalue weighted by molar-refractivity contribution is -0.119. The van der Waals surface area contributed by atoms with E-state index in [1.54, 1.807) is 48.4 Å². The first-order chi connectivity index (χ1) is 14.5. The van der Waals surface area contributed by atoms with Crippen LogP contribution in [0.5, 0.6) is 17.2 Å². The minimum absolute atomic E-state index is 0.0768. The van der Waals surface area contributed by atoms with Gasteiger partial charge in [-0.2, -0.15) is 0 Å². The zero-order valence-corrected chi connectivity index (χ0v) is 18.5. The summed E-state index contributed by atoms with van der Waals surface area (Å²) in [7, 11) is 1.58. The minimum atomic E-state index is -0.230. The quantitative estimate of drug-likeness (QED) is 0.606. The van der Waals surface area contributed by atoms with Gasteiger partial charge in [-0.3, -0.25) is 14.5 Å². The van der Waals surface area contributed by atoms with Gasteiger partial charge in [0, 0.05) is 22.3 Å². The van der Waals surface area contributed by atoms with Crippen LogP contribution in [0.2, 0.25) is 0 Å². The molecule has 160 valence electrons. The van der Waals surface area contributed by atoms with Crippen molar-refractivity contribution >= 4 is 39.1 Å².